The first kappa shape index (κ1) is 18.8. The fourth-order valence-corrected chi connectivity index (χ4v) is 3.21. The number of aromatic nitrogens is 1. The number of hydrogen-bond acceptors (Lipinski definition) is 5. The van der Waals surface area contributed by atoms with E-state index in [-0.39, 0.29) is 23.6 Å². The van der Waals surface area contributed by atoms with Crippen LogP contribution in [0.5, 0.6) is 0 Å². The number of nitrogens with zero attached hydrogens (tertiary/aromatic N) is 1. The van der Waals surface area contributed by atoms with E-state index in [4.69, 9.17) is 0 Å². The molecule has 3 N–H and O–H groups in total. The van der Waals surface area contributed by atoms with Crippen molar-refractivity contribution in [2.24, 2.45) is 5.92 Å². The van der Waals surface area contributed by atoms with E-state index in [1.54, 1.807) is 60.1 Å². The van der Waals surface area contributed by atoms with Gasteiger partial charge in [0.15, 0.2) is 5.13 Å². The predicted octanol–water partition coefficient (Wildman–Crippen LogP) is 4.00. The molecule has 8 heteroatoms. The lowest BCUT2D eigenvalue weighted by atomic mass is 10.1. The first-order valence-electron chi connectivity index (χ1n) is 9.12. The molecule has 0 radical (unpaired) electrons. The summed E-state index contributed by atoms with van der Waals surface area (Å²) in [5, 5.41) is 10.6. The molecule has 3 amide bonds. The van der Waals surface area contributed by atoms with Gasteiger partial charge in [-0.1, -0.05) is 6.07 Å². The molecule has 146 valence electrons. The van der Waals surface area contributed by atoms with Gasteiger partial charge in [-0.25, -0.2) is 4.98 Å². The van der Waals surface area contributed by atoms with Gasteiger partial charge in [-0.05, 0) is 55.3 Å². The van der Waals surface area contributed by atoms with Crippen molar-refractivity contribution in [2.75, 3.05) is 16.0 Å². The van der Waals surface area contributed by atoms with Gasteiger partial charge in [0.05, 0.1) is 0 Å². The summed E-state index contributed by atoms with van der Waals surface area (Å²) in [6, 6.07) is 13.4. The number of nitrogens with one attached hydrogen (secondary N) is 3. The van der Waals surface area contributed by atoms with Crippen molar-refractivity contribution < 1.29 is 14.4 Å². The van der Waals surface area contributed by atoms with Crippen LogP contribution < -0.4 is 16.0 Å². The first-order valence-corrected chi connectivity index (χ1v) is 9.99. The molecule has 3 aromatic rings. The molecule has 7 nitrogen and oxygen atoms in total. The van der Waals surface area contributed by atoms with Crippen molar-refractivity contribution in [3.63, 3.8) is 0 Å². The molecular formula is C21H18N4O3S. The molecule has 1 fully saturated rings. The smallest absolute Gasteiger partial charge is 0.257 e. The molecule has 1 aromatic heterocycles. The molecule has 1 heterocycles. The second kappa shape index (κ2) is 8.24. The minimum atomic E-state index is -0.303. The van der Waals surface area contributed by atoms with E-state index in [9.17, 15) is 14.4 Å². The number of thiazole rings is 1. The maximum Gasteiger partial charge on any atom is 0.257 e. The monoisotopic (exact) mass is 406 g/mol. The standard InChI is InChI=1S/C21H18N4O3S/c26-18(13-4-5-13)23-16-8-6-14(7-9-16)19(27)24-17-3-1-2-15(12-17)20(28)25-21-22-10-11-29-21/h1-3,6-13H,4-5H2,(H,23,26)(H,24,27)(H,22,25,28). The van der Waals surface area contributed by atoms with Gasteiger partial charge >= 0.3 is 0 Å². The molecule has 0 spiro atoms. The van der Waals surface area contributed by atoms with Crippen LogP contribution in [0.1, 0.15) is 33.6 Å². The summed E-state index contributed by atoms with van der Waals surface area (Å²) < 4.78 is 0. The number of amides is 3. The number of carbonyl (C=O) groups excluding carboxylic acids is 3. The zero-order valence-electron chi connectivity index (χ0n) is 15.3. The SMILES string of the molecule is O=C(Nc1cccc(C(=O)Nc2nccs2)c1)c1ccc(NC(=O)C2CC2)cc1. The molecule has 0 atom stereocenters. The van der Waals surface area contributed by atoms with E-state index in [0.717, 1.165) is 12.8 Å². The number of carbonyl (C=O) groups is 3. The van der Waals surface area contributed by atoms with E-state index in [1.807, 2.05) is 0 Å². The van der Waals surface area contributed by atoms with Crippen LogP contribution >= 0.6 is 11.3 Å². The van der Waals surface area contributed by atoms with Crippen molar-refractivity contribution in [3.05, 3.63) is 71.2 Å². The lowest BCUT2D eigenvalue weighted by Gasteiger charge is -2.09. The molecule has 1 saturated carbocycles. The third kappa shape index (κ3) is 4.85. The Labute approximate surface area is 171 Å². The Bertz CT molecular complexity index is 1040. The van der Waals surface area contributed by atoms with Crippen LogP contribution in [0.4, 0.5) is 16.5 Å². The second-order valence-electron chi connectivity index (χ2n) is 6.67. The number of anilines is 3. The Morgan fingerprint density at radius 1 is 0.862 bits per heavy atom. The Balaban J connectivity index is 1.38. The molecule has 0 unspecified atom stereocenters. The highest BCUT2D eigenvalue weighted by molar-refractivity contribution is 7.13. The highest BCUT2D eigenvalue weighted by Gasteiger charge is 2.29. The van der Waals surface area contributed by atoms with Crippen LogP contribution in [-0.4, -0.2) is 22.7 Å². The number of rotatable bonds is 6. The van der Waals surface area contributed by atoms with E-state index < -0.39 is 0 Å². The second-order valence-corrected chi connectivity index (χ2v) is 7.56. The largest absolute Gasteiger partial charge is 0.326 e. The molecule has 0 saturated heterocycles. The number of benzene rings is 2. The zero-order chi connectivity index (χ0) is 20.2. The maximum absolute atomic E-state index is 12.5. The van der Waals surface area contributed by atoms with Gasteiger partial charge in [-0.3, -0.25) is 19.7 Å². The minimum Gasteiger partial charge on any atom is -0.326 e. The minimum absolute atomic E-state index is 0.0232. The van der Waals surface area contributed by atoms with Crippen molar-refractivity contribution in [1.29, 1.82) is 0 Å². The van der Waals surface area contributed by atoms with Crippen LogP contribution in [0.2, 0.25) is 0 Å². The Hall–Kier alpha value is -3.52. The lowest BCUT2D eigenvalue weighted by Crippen LogP contribution is -2.15. The summed E-state index contributed by atoms with van der Waals surface area (Å²) in [6.45, 7) is 0. The predicted molar refractivity (Wildman–Crippen MR) is 112 cm³/mol. The zero-order valence-corrected chi connectivity index (χ0v) is 16.2. The van der Waals surface area contributed by atoms with Gasteiger partial charge < -0.3 is 10.6 Å². The average molecular weight is 406 g/mol. The molecule has 0 aliphatic heterocycles. The van der Waals surface area contributed by atoms with Gasteiger partial charge in [0, 0.05) is 40.0 Å². The molecule has 4 rings (SSSR count). The third-order valence-corrected chi connectivity index (χ3v) is 5.09. The van der Waals surface area contributed by atoms with Crippen LogP contribution in [0.25, 0.3) is 0 Å². The van der Waals surface area contributed by atoms with Gasteiger partial charge in [-0.15, -0.1) is 11.3 Å². The molecule has 0 bridgehead atoms. The fraction of sp³-hybridized carbons (Fsp3) is 0.143. The van der Waals surface area contributed by atoms with Crippen LogP contribution in [-0.2, 0) is 4.79 Å². The summed E-state index contributed by atoms with van der Waals surface area (Å²) in [7, 11) is 0. The fourth-order valence-electron chi connectivity index (χ4n) is 2.69. The van der Waals surface area contributed by atoms with Gasteiger partial charge in [-0.2, -0.15) is 0 Å². The van der Waals surface area contributed by atoms with Crippen LogP contribution in [0, 0.1) is 5.92 Å². The highest BCUT2D eigenvalue weighted by atomic mass is 32.1. The summed E-state index contributed by atoms with van der Waals surface area (Å²) in [5.74, 6) is -0.456. The summed E-state index contributed by atoms with van der Waals surface area (Å²) >= 11 is 1.33. The third-order valence-electron chi connectivity index (χ3n) is 4.40. The summed E-state index contributed by atoms with van der Waals surface area (Å²) in [6.07, 6.45) is 3.49. The Morgan fingerprint density at radius 2 is 1.62 bits per heavy atom. The molecular weight excluding hydrogens is 388 g/mol. The molecule has 29 heavy (non-hydrogen) atoms. The van der Waals surface area contributed by atoms with E-state index in [1.165, 1.54) is 11.3 Å². The topological polar surface area (TPSA) is 100 Å². The van der Waals surface area contributed by atoms with E-state index in [2.05, 4.69) is 20.9 Å². The normalized spacial score (nSPS) is 12.8. The van der Waals surface area contributed by atoms with Crippen molar-refractivity contribution in [2.45, 2.75) is 12.8 Å². The van der Waals surface area contributed by atoms with Crippen molar-refractivity contribution in [3.8, 4) is 0 Å². The first-order chi connectivity index (χ1) is 14.1. The summed E-state index contributed by atoms with van der Waals surface area (Å²) in [4.78, 5) is 40.6. The van der Waals surface area contributed by atoms with Crippen LogP contribution in [0.3, 0.4) is 0 Å². The van der Waals surface area contributed by atoms with Crippen molar-refractivity contribution in [1.82, 2.24) is 4.98 Å². The van der Waals surface area contributed by atoms with E-state index in [0.29, 0.717) is 27.6 Å². The van der Waals surface area contributed by atoms with E-state index >= 15 is 0 Å². The van der Waals surface area contributed by atoms with Crippen molar-refractivity contribution >= 4 is 45.6 Å². The highest BCUT2D eigenvalue weighted by Crippen LogP contribution is 2.30. The molecule has 1 aliphatic carbocycles. The van der Waals surface area contributed by atoms with Gasteiger partial charge in [0.2, 0.25) is 5.91 Å². The maximum atomic E-state index is 12.5. The number of hydrogen-bond donors (Lipinski definition) is 3. The van der Waals surface area contributed by atoms with Crippen LogP contribution in [0.15, 0.2) is 60.1 Å². The Morgan fingerprint density at radius 3 is 2.31 bits per heavy atom. The quantitative estimate of drug-likeness (QED) is 0.576. The van der Waals surface area contributed by atoms with Gasteiger partial charge in [0.25, 0.3) is 11.8 Å². The van der Waals surface area contributed by atoms with Gasteiger partial charge in [0.1, 0.15) is 0 Å². The molecule has 2 aromatic carbocycles. The summed E-state index contributed by atoms with van der Waals surface area (Å²) in [5.41, 5.74) is 2.04. The lowest BCUT2D eigenvalue weighted by molar-refractivity contribution is -0.117. The molecule has 1 aliphatic rings. The average Bonchev–Trinajstić information content (AvgIpc) is 3.46. The Kier molecular flexibility index (Phi) is 5.35.